The minimum Gasteiger partial charge on any atom is -0.494 e. The highest BCUT2D eigenvalue weighted by atomic mass is 16.5. The fourth-order valence-electron chi connectivity index (χ4n) is 19.3. The van der Waals surface area contributed by atoms with Gasteiger partial charge in [0.2, 0.25) is 0 Å². The van der Waals surface area contributed by atoms with Gasteiger partial charge in [-0.3, -0.25) is 28.8 Å². The molecule has 0 N–H and O–H groups in total. The van der Waals surface area contributed by atoms with Crippen molar-refractivity contribution < 1.29 is 57.2 Å². The van der Waals surface area contributed by atoms with Crippen molar-refractivity contribution in [3.8, 4) is 34.5 Å². The van der Waals surface area contributed by atoms with E-state index in [0.29, 0.717) is 108 Å². The average Bonchev–Trinajstić information content (AvgIpc) is 0.831. The Hall–Kier alpha value is -9.06. The van der Waals surface area contributed by atoms with Gasteiger partial charge in [-0.05, 0) is 184 Å². The third kappa shape index (κ3) is 54.0. The lowest BCUT2D eigenvalue weighted by Crippen LogP contribution is -2.50. The zero-order valence-corrected chi connectivity index (χ0v) is 91.6. The second-order valence-corrected chi connectivity index (χ2v) is 41.1. The predicted octanol–water partition coefficient (Wildman–Crippen LogP) is 32.7. The summed E-state index contributed by atoms with van der Waals surface area (Å²) in [6.45, 7) is 17.2. The van der Waals surface area contributed by atoms with Gasteiger partial charge in [-0.1, -0.05) is 388 Å². The largest absolute Gasteiger partial charge is 0.494 e. The highest BCUT2D eigenvalue weighted by Gasteiger charge is 2.30. The Labute approximate surface area is 875 Å². The Morgan fingerprint density at radius 3 is 0.333 bits per heavy atom. The summed E-state index contributed by atoms with van der Waals surface area (Å²) in [4.78, 5) is 106. The summed E-state index contributed by atoms with van der Waals surface area (Å²) in [5.41, 5.74) is 2.43. The normalized spacial score (nSPS) is 13.1. The van der Waals surface area contributed by atoms with Crippen LogP contribution in [0.5, 0.6) is 34.5 Å². The van der Waals surface area contributed by atoms with Gasteiger partial charge >= 0.3 is 0 Å². The molecule has 0 aliphatic carbocycles. The molecule has 0 bridgehead atoms. The Morgan fingerprint density at radius 1 is 0.146 bits per heavy atom. The van der Waals surface area contributed by atoms with Gasteiger partial charge in [0.15, 0.2) is 0 Å². The van der Waals surface area contributed by atoms with Crippen molar-refractivity contribution in [3.05, 3.63) is 179 Å². The van der Waals surface area contributed by atoms with Gasteiger partial charge in [0.25, 0.3) is 35.4 Å². The Morgan fingerprint density at radius 2 is 0.236 bits per heavy atom. The Bertz CT molecular complexity index is 3490. The van der Waals surface area contributed by atoms with E-state index >= 15 is 28.8 Å². The van der Waals surface area contributed by atoms with Gasteiger partial charge in [0.1, 0.15) is 34.5 Å². The van der Waals surface area contributed by atoms with E-state index in [2.05, 4.69) is 41.5 Å². The van der Waals surface area contributed by atoms with Crippen LogP contribution in [0.1, 0.15) is 489 Å². The molecule has 7 rings (SSSR count). The number of hydrogen-bond donors (Lipinski definition) is 0. The first-order valence-electron chi connectivity index (χ1n) is 59.0. The van der Waals surface area contributed by atoms with Crippen molar-refractivity contribution >= 4 is 35.4 Å². The maximum atomic E-state index is 15.9. The van der Waals surface area contributed by atoms with Crippen LogP contribution in [0, 0.1) is 0 Å². The smallest absolute Gasteiger partial charge is 0.253 e. The third-order valence-corrected chi connectivity index (χ3v) is 28.8. The summed E-state index contributed by atoms with van der Waals surface area (Å²) < 4.78 is 38.1. The monoisotopic (exact) mass is 1990 g/mol. The van der Waals surface area contributed by atoms with Crippen molar-refractivity contribution in [3.63, 3.8) is 0 Å². The molecule has 0 atom stereocenters. The van der Waals surface area contributed by atoms with E-state index < -0.39 is 0 Å². The second kappa shape index (κ2) is 81.0. The van der Waals surface area contributed by atoms with Crippen LogP contribution in [-0.2, 0) is 0 Å². The first-order chi connectivity index (χ1) is 70.9. The lowest BCUT2D eigenvalue weighted by atomic mass is 10.1. The molecule has 1 aliphatic rings. The molecule has 0 radical (unpaired) electrons. The summed E-state index contributed by atoms with van der Waals surface area (Å²) in [6.07, 6.45) is 72.8. The van der Waals surface area contributed by atoms with E-state index in [-0.39, 0.29) is 114 Å². The van der Waals surface area contributed by atoms with Crippen LogP contribution in [0.3, 0.4) is 0 Å². The van der Waals surface area contributed by atoms with Gasteiger partial charge < -0.3 is 57.8 Å². The molecule has 18 heteroatoms. The van der Waals surface area contributed by atoms with E-state index in [9.17, 15) is 0 Å². The minimum absolute atomic E-state index is 0.0260. The van der Waals surface area contributed by atoms with E-state index in [1.165, 1.54) is 308 Å². The van der Waals surface area contributed by atoms with E-state index in [4.69, 9.17) is 28.4 Å². The molecular weight excluding hydrogens is 1790 g/mol. The van der Waals surface area contributed by atoms with Crippen LogP contribution in [0.25, 0.3) is 0 Å². The summed E-state index contributed by atoms with van der Waals surface area (Å²) in [6, 6.07) is 43.8. The van der Waals surface area contributed by atoms with Crippen molar-refractivity contribution in [1.29, 1.82) is 0 Å². The Balaban J connectivity index is 1.27. The molecule has 1 heterocycles. The maximum absolute atomic E-state index is 15.9. The van der Waals surface area contributed by atoms with Crippen LogP contribution in [0.4, 0.5) is 0 Å². The summed E-state index contributed by atoms with van der Waals surface area (Å²) >= 11 is 0. The van der Waals surface area contributed by atoms with Gasteiger partial charge in [0.05, 0.1) is 39.6 Å². The Kier molecular flexibility index (Phi) is 68.6. The summed E-state index contributed by atoms with van der Waals surface area (Å²) in [7, 11) is 0. The lowest BCUT2D eigenvalue weighted by molar-refractivity contribution is 0.0535. The maximum Gasteiger partial charge on any atom is 0.253 e. The molecule has 6 aromatic rings. The van der Waals surface area contributed by atoms with Crippen LogP contribution in [0.15, 0.2) is 146 Å². The number of unbranched alkanes of at least 4 members (excludes halogenated alkanes) is 54. The van der Waals surface area contributed by atoms with Crippen LogP contribution >= 0.6 is 0 Å². The number of rotatable bonds is 78. The molecule has 804 valence electrons. The molecule has 0 unspecified atom stereocenters. The van der Waals surface area contributed by atoms with Crippen molar-refractivity contribution in [1.82, 2.24) is 29.4 Å². The highest BCUT2D eigenvalue weighted by molar-refractivity contribution is 5.98. The number of ether oxygens (including phenoxy) is 6. The number of carbonyl (C=O) groups is 6. The molecule has 1 aliphatic heterocycles. The lowest BCUT2D eigenvalue weighted by Gasteiger charge is -2.35. The topological polar surface area (TPSA) is 177 Å². The number of nitrogens with zero attached hydrogens (tertiary/aromatic N) is 6. The first-order valence-corrected chi connectivity index (χ1v) is 59.0. The molecule has 1 fully saturated rings. The van der Waals surface area contributed by atoms with Gasteiger partial charge in [-0.15, -0.1) is 0 Å². The number of carbonyl (C=O) groups excluding carboxylic acids is 6. The van der Waals surface area contributed by atoms with Crippen LogP contribution in [0.2, 0.25) is 0 Å². The average molecular weight is 1990 g/mol. The zero-order chi connectivity index (χ0) is 102. The molecule has 0 spiro atoms. The molecule has 18 nitrogen and oxygen atoms in total. The fourth-order valence-corrected chi connectivity index (χ4v) is 19.3. The first kappa shape index (κ1) is 122. The molecule has 144 heavy (non-hydrogen) atoms. The molecule has 6 amide bonds. The highest BCUT2D eigenvalue weighted by Crippen LogP contribution is 2.27. The predicted molar refractivity (Wildman–Crippen MR) is 598 cm³/mol. The summed E-state index contributed by atoms with van der Waals surface area (Å²) in [5.74, 6) is 2.10. The standard InChI is InChI=1S/C126H198N6O12/c1-7-13-19-25-31-37-43-49-55-61-103-139-115-79-67-109(68-80-115)121(133)127-91-93-128(122(134)110-69-81-116(82-70-110)140-104-62-56-50-44-38-32-26-20-14-8-2)95-97-130(124(136)112-73-85-118(86-74-112)142-106-64-58-52-46-40-34-28-22-16-10-4)99-101-132(126(138)114-77-89-120(90-78-114)144-108-66-60-54-48-42-36-30-24-18-12-6)102-100-131(125(137)113-75-87-119(88-76-113)143-107-65-59-53-47-41-35-29-23-17-11-5)98-96-129(94-92-127)123(135)111-71-83-117(84-72-111)141-105-63-57-51-45-39-33-27-21-15-9-3/h67-90H,7-66,91-108H2,1-6H3. The fraction of sp³-hybridized carbons (Fsp3) is 0.667. The van der Waals surface area contributed by atoms with Crippen molar-refractivity contribution in [2.45, 2.75) is 427 Å². The van der Waals surface area contributed by atoms with Crippen LogP contribution in [-0.4, -0.2) is 183 Å². The molecular formula is C126H198N6O12. The zero-order valence-electron chi connectivity index (χ0n) is 91.6. The van der Waals surface area contributed by atoms with Crippen molar-refractivity contribution in [2.24, 2.45) is 0 Å². The molecule has 1 saturated heterocycles. The number of benzene rings is 6. The third-order valence-electron chi connectivity index (χ3n) is 28.8. The second-order valence-electron chi connectivity index (χ2n) is 41.1. The minimum atomic E-state index is -0.310. The van der Waals surface area contributed by atoms with Gasteiger partial charge in [-0.25, -0.2) is 0 Å². The summed E-state index contributed by atoms with van der Waals surface area (Å²) in [5, 5.41) is 0. The quantitative estimate of drug-likeness (QED) is 0.0331. The van der Waals surface area contributed by atoms with E-state index in [1.54, 1.807) is 102 Å². The van der Waals surface area contributed by atoms with Gasteiger partial charge in [-0.2, -0.15) is 0 Å². The number of hydrogen-bond acceptors (Lipinski definition) is 12. The SMILES string of the molecule is CCCCCCCCCCCCOc1ccc(C(=O)N2CCN(C(=O)c3ccc(OCCCCCCCCCCCC)cc3)CCN(C(=O)c3ccc(OCCCCCCCCCCCC)cc3)CCN(C(=O)c3ccc(OCCCCCCCCCCCC)cc3)CCN(C(=O)c3ccc(OCCCCCCCCCCCC)cc3)CCN(C(=O)c3ccc(OCCCCCCCCCCCC)cc3)CC2)cc1. The van der Waals surface area contributed by atoms with Crippen molar-refractivity contribution in [2.75, 3.05) is 118 Å². The van der Waals surface area contributed by atoms with E-state index in [0.717, 1.165) is 77.0 Å². The molecule has 0 aromatic heterocycles. The number of amides is 6. The van der Waals surface area contributed by atoms with Gasteiger partial charge in [0, 0.05) is 112 Å². The van der Waals surface area contributed by atoms with Crippen LogP contribution < -0.4 is 28.4 Å². The molecule has 0 saturated carbocycles. The molecule has 6 aromatic carbocycles. The van der Waals surface area contributed by atoms with E-state index in [1.807, 2.05) is 72.8 Å².